The molecule has 0 bridgehead atoms. The third kappa shape index (κ3) is 4.70. The van der Waals surface area contributed by atoms with Gasteiger partial charge in [0.2, 0.25) is 0 Å². The number of ether oxygens (including phenoxy) is 1. The van der Waals surface area contributed by atoms with Crippen molar-refractivity contribution in [2.75, 3.05) is 10.6 Å². The first-order valence-corrected chi connectivity index (χ1v) is 7.92. The molecule has 0 atom stereocenters. The van der Waals surface area contributed by atoms with Gasteiger partial charge in [-0.2, -0.15) is 0 Å². The van der Waals surface area contributed by atoms with Crippen LogP contribution >= 0.6 is 0 Å². The minimum Gasteiger partial charge on any atom is -0.489 e. The van der Waals surface area contributed by atoms with Crippen LogP contribution in [-0.2, 0) is 16.2 Å². The molecule has 26 heavy (non-hydrogen) atoms. The van der Waals surface area contributed by atoms with Gasteiger partial charge in [0, 0.05) is 11.8 Å². The standard InChI is InChI=1S/C19H17N3O4/c1-13-11-17(22-26-13)21-19(24)18(23)20-15-7-9-16(10-8-15)25-12-14-5-3-2-4-6-14/h2-11H,12H2,1H3,(H,20,23)(H,21,22,24). The number of nitrogens with one attached hydrogen (secondary N) is 2. The predicted octanol–water partition coefficient (Wildman–Crippen LogP) is 3.14. The molecule has 2 amide bonds. The van der Waals surface area contributed by atoms with E-state index < -0.39 is 11.8 Å². The van der Waals surface area contributed by atoms with Crippen LogP contribution in [0.5, 0.6) is 5.75 Å². The molecule has 2 N–H and O–H groups in total. The lowest BCUT2D eigenvalue weighted by molar-refractivity contribution is -0.133. The van der Waals surface area contributed by atoms with Crippen molar-refractivity contribution < 1.29 is 18.8 Å². The Labute approximate surface area is 150 Å². The van der Waals surface area contributed by atoms with E-state index in [1.54, 1.807) is 31.2 Å². The highest BCUT2D eigenvalue weighted by Gasteiger charge is 2.15. The zero-order valence-corrected chi connectivity index (χ0v) is 14.1. The van der Waals surface area contributed by atoms with Gasteiger partial charge < -0.3 is 14.6 Å². The van der Waals surface area contributed by atoms with Gasteiger partial charge in [0.15, 0.2) is 5.82 Å². The van der Waals surface area contributed by atoms with Gasteiger partial charge in [-0.3, -0.25) is 14.9 Å². The van der Waals surface area contributed by atoms with E-state index in [9.17, 15) is 9.59 Å². The maximum atomic E-state index is 11.9. The van der Waals surface area contributed by atoms with Crippen molar-refractivity contribution >= 4 is 23.3 Å². The molecule has 132 valence electrons. The average Bonchev–Trinajstić information content (AvgIpc) is 3.06. The molecule has 7 nitrogen and oxygen atoms in total. The number of aryl methyl sites for hydroxylation is 1. The van der Waals surface area contributed by atoms with Crippen LogP contribution in [0.4, 0.5) is 11.5 Å². The second-order valence-corrected chi connectivity index (χ2v) is 5.53. The fourth-order valence-electron chi connectivity index (χ4n) is 2.16. The number of rotatable bonds is 5. The number of benzene rings is 2. The van der Waals surface area contributed by atoms with Gasteiger partial charge in [0.05, 0.1) is 0 Å². The first-order chi connectivity index (χ1) is 12.6. The summed E-state index contributed by atoms with van der Waals surface area (Å²) in [4.78, 5) is 23.7. The summed E-state index contributed by atoms with van der Waals surface area (Å²) in [6, 6.07) is 18.1. The van der Waals surface area contributed by atoms with E-state index in [-0.39, 0.29) is 5.82 Å². The van der Waals surface area contributed by atoms with E-state index in [1.807, 2.05) is 30.3 Å². The first kappa shape index (κ1) is 17.2. The maximum Gasteiger partial charge on any atom is 0.315 e. The lowest BCUT2D eigenvalue weighted by Gasteiger charge is -2.08. The predicted molar refractivity (Wildman–Crippen MR) is 95.7 cm³/mol. The van der Waals surface area contributed by atoms with Crippen LogP contribution in [0.3, 0.4) is 0 Å². The molecule has 0 saturated heterocycles. The molecule has 0 unspecified atom stereocenters. The molecule has 0 aliphatic carbocycles. The molecule has 2 aromatic carbocycles. The zero-order chi connectivity index (χ0) is 18.4. The van der Waals surface area contributed by atoms with E-state index in [0.717, 1.165) is 5.56 Å². The largest absolute Gasteiger partial charge is 0.489 e. The first-order valence-electron chi connectivity index (χ1n) is 7.92. The lowest BCUT2D eigenvalue weighted by atomic mass is 10.2. The average molecular weight is 351 g/mol. The van der Waals surface area contributed by atoms with Crippen molar-refractivity contribution in [1.29, 1.82) is 0 Å². The lowest BCUT2D eigenvalue weighted by Crippen LogP contribution is -2.29. The van der Waals surface area contributed by atoms with Crippen LogP contribution in [0.1, 0.15) is 11.3 Å². The molecular weight excluding hydrogens is 334 g/mol. The maximum absolute atomic E-state index is 11.9. The van der Waals surface area contributed by atoms with Crippen LogP contribution in [0.15, 0.2) is 65.2 Å². The van der Waals surface area contributed by atoms with Crippen LogP contribution in [0.25, 0.3) is 0 Å². The molecule has 7 heteroatoms. The van der Waals surface area contributed by atoms with Crippen LogP contribution in [0.2, 0.25) is 0 Å². The molecule has 0 radical (unpaired) electrons. The number of hydrogen-bond acceptors (Lipinski definition) is 5. The number of aromatic nitrogens is 1. The molecule has 0 spiro atoms. The number of anilines is 2. The molecule has 0 saturated carbocycles. The Morgan fingerprint density at radius 1 is 1.00 bits per heavy atom. The van der Waals surface area contributed by atoms with Crippen molar-refractivity contribution in [3.63, 3.8) is 0 Å². The molecule has 0 aliphatic heterocycles. The smallest absolute Gasteiger partial charge is 0.315 e. The minimum atomic E-state index is -0.831. The molecule has 0 fully saturated rings. The van der Waals surface area contributed by atoms with Crippen LogP contribution < -0.4 is 15.4 Å². The Balaban J connectivity index is 1.51. The quantitative estimate of drug-likeness (QED) is 0.689. The zero-order valence-electron chi connectivity index (χ0n) is 14.1. The summed E-state index contributed by atoms with van der Waals surface area (Å²) < 4.78 is 10.5. The second-order valence-electron chi connectivity index (χ2n) is 5.53. The van der Waals surface area contributed by atoms with Crippen molar-refractivity contribution in [1.82, 2.24) is 5.16 Å². The van der Waals surface area contributed by atoms with Crippen molar-refractivity contribution in [3.8, 4) is 5.75 Å². The monoisotopic (exact) mass is 351 g/mol. The van der Waals surface area contributed by atoms with E-state index in [4.69, 9.17) is 9.26 Å². The van der Waals surface area contributed by atoms with E-state index in [1.165, 1.54) is 6.07 Å². The fourth-order valence-corrected chi connectivity index (χ4v) is 2.16. The topological polar surface area (TPSA) is 93.5 Å². The van der Waals surface area contributed by atoms with Gasteiger partial charge in [0.25, 0.3) is 0 Å². The van der Waals surface area contributed by atoms with Crippen molar-refractivity contribution in [2.24, 2.45) is 0 Å². The Morgan fingerprint density at radius 2 is 1.69 bits per heavy atom. The number of carbonyl (C=O) groups excluding carboxylic acids is 2. The molecule has 1 heterocycles. The Morgan fingerprint density at radius 3 is 2.35 bits per heavy atom. The van der Waals surface area contributed by atoms with Gasteiger partial charge >= 0.3 is 11.8 Å². The normalized spacial score (nSPS) is 10.2. The van der Waals surface area contributed by atoms with Gasteiger partial charge in [-0.15, -0.1) is 0 Å². The summed E-state index contributed by atoms with van der Waals surface area (Å²) in [7, 11) is 0. The summed E-state index contributed by atoms with van der Waals surface area (Å²) in [6.07, 6.45) is 0. The van der Waals surface area contributed by atoms with Gasteiger partial charge in [-0.1, -0.05) is 35.5 Å². The molecule has 3 rings (SSSR count). The summed E-state index contributed by atoms with van der Waals surface area (Å²) in [6.45, 7) is 2.14. The van der Waals surface area contributed by atoms with E-state index >= 15 is 0 Å². The molecule has 0 aliphatic rings. The third-order valence-electron chi connectivity index (χ3n) is 3.44. The van der Waals surface area contributed by atoms with Crippen LogP contribution in [0, 0.1) is 6.92 Å². The second kappa shape index (κ2) is 7.98. The fraction of sp³-hybridized carbons (Fsp3) is 0.105. The summed E-state index contributed by atoms with van der Waals surface area (Å²) in [5.74, 6) is -0.250. The summed E-state index contributed by atoms with van der Waals surface area (Å²) >= 11 is 0. The highest BCUT2D eigenvalue weighted by molar-refractivity contribution is 6.43. The van der Waals surface area contributed by atoms with Gasteiger partial charge in [-0.25, -0.2) is 0 Å². The highest BCUT2D eigenvalue weighted by atomic mass is 16.5. The molecule has 1 aromatic heterocycles. The Kier molecular flexibility index (Phi) is 5.28. The summed E-state index contributed by atoms with van der Waals surface area (Å²) in [5.41, 5.74) is 1.54. The number of amides is 2. The van der Waals surface area contributed by atoms with Crippen molar-refractivity contribution in [3.05, 3.63) is 72.0 Å². The SMILES string of the molecule is Cc1cc(NC(=O)C(=O)Nc2ccc(OCc3ccccc3)cc2)no1. The molecular formula is C19H17N3O4. The van der Waals surface area contributed by atoms with Crippen LogP contribution in [-0.4, -0.2) is 17.0 Å². The summed E-state index contributed by atoms with van der Waals surface area (Å²) in [5, 5.41) is 8.46. The van der Waals surface area contributed by atoms with E-state index in [2.05, 4.69) is 15.8 Å². The van der Waals surface area contributed by atoms with Crippen molar-refractivity contribution in [2.45, 2.75) is 13.5 Å². The van der Waals surface area contributed by atoms with Gasteiger partial charge in [0.1, 0.15) is 18.1 Å². The Bertz CT molecular complexity index is 889. The minimum absolute atomic E-state index is 0.187. The molecule has 3 aromatic rings. The van der Waals surface area contributed by atoms with Gasteiger partial charge in [-0.05, 0) is 36.8 Å². The highest BCUT2D eigenvalue weighted by Crippen LogP contribution is 2.17. The third-order valence-corrected chi connectivity index (χ3v) is 3.44. The number of hydrogen-bond donors (Lipinski definition) is 2. The number of carbonyl (C=O) groups is 2. The Hall–Kier alpha value is -3.61. The van der Waals surface area contributed by atoms with E-state index in [0.29, 0.717) is 23.8 Å². The number of nitrogens with zero attached hydrogens (tertiary/aromatic N) is 1.